The van der Waals surface area contributed by atoms with Crippen LogP contribution in [0.1, 0.15) is 24.0 Å². The van der Waals surface area contributed by atoms with Crippen LogP contribution >= 0.6 is 0 Å². The summed E-state index contributed by atoms with van der Waals surface area (Å²) in [7, 11) is 2.22. The molecule has 1 fully saturated rings. The third-order valence-corrected chi connectivity index (χ3v) is 5.79. The molecule has 0 spiro atoms. The van der Waals surface area contributed by atoms with Gasteiger partial charge in [-0.05, 0) is 62.2 Å². The summed E-state index contributed by atoms with van der Waals surface area (Å²) in [4.78, 5) is 4.94. The van der Waals surface area contributed by atoms with Crippen molar-refractivity contribution in [3.63, 3.8) is 0 Å². The molecule has 0 amide bonds. The van der Waals surface area contributed by atoms with Crippen LogP contribution in [-0.2, 0) is 6.54 Å². The number of phenols is 1. The second-order valence-electron chi connectivity index (χ2n) is 7.66. The summed E-state index contributed by atoms with van der Waals surface area (Å²) < 4.78 is 5.92. The molecule has 2 aromatic carbocycles. The first-order valence-electron chi connectivity index (χ1n) is 9.59. The van der Waals surface area contributed by atoms with Crippen molar-refractivity contribution in [2.45, 2.75) is 32.4 Å². The minimum atomic E-state index is 0.251. The molecule has 138 valence electrons. The predicted molar refractivity (Wildman–Crippen MR) is 105 cm³/mol. The van der Waals surface area contributed by atoms with Crippen molar-refractivity contribution in [3.8, 4) is 22.6 Å². The van der Waals surface area contributed by atoms with E-state index in [0.29, 0.717) is 18.4 Å². The summed E-state index contributed by atoms with van der Waals surface area (Å²) in [5.41, 5.74) is 4.52. The molecule has 0 bridgehead atoms. The lowest BCUT2D eigenvalue weighted by molar-refractivity contribution is 0.172. The minimum absolute atomic E-state index is 0.251. The molecule has 4 nitrogen and oxygen atoms in total. The number of aromatic hydroxyl groups is 1. The van der Waals surface area contributed by atoms with Crippen LogP contribution in [0.5, 0.6) is 11.5 Å². The zero-order valence-electron chi connectivity index (χ0n) is 15.7. The van der Waals surface area contributed by atoms with E-state index in [1.165, 1.54) is 24.9 Å². The highest BCUT2D eigenvalue weighted by atomic mass is 16.5. The first kappa shape index (κ1) is 17.4. The van der Waals surface area contributed by atoms with E-state index in [9.17, 15) is 5.11 Å². The van der Waals surface area contributed by atoms with E-state index in [4.69, 9.17) is 4.74 Å². The molecule has 26 heavy (non-hydrogen) atoms. The number of aryl methyl sites for hydroxylation is 1. The molecule has 2 aromatic rings. The number of rotatable bonds is 3. The fourth-order valence-electron chi connectivity index (χ4n) is 4.27. The number of fused-ring (bicyclic) bond motifs is 1. The number of ether oxygens (including phenoxy) is 1. The Morgan fingerprint density at radius 3 is 2.81 bits per heavy atom. The molecule has 1 N–H and O–H groups in total. The average molecular weight is 352 g/mol. The van der Waals surface area contributed by atoms with Crippen LogP contribution in [0.25, 0.3) is 11.1 Å². The van der Waals surface area contributed by atoms with Gasteiger partial charge < -0.3 is 14.7 Å². The summed E-state index contributed by atoms with van der Waals surface area (Å²) in [5, 5.41) is 10.6. The van der Waals surface area contributed by atoms with Crippen LogP contribution in [0.15, 0.2) is 36.4 Å². The van der Waals surface area contributed by atoms with Crippen LogP contribution < -0.4 is 4.74 Å². The predicted octanol–water partition coefficient (Wildman–Crippen LogP) is 3.66. The van der Waals surface area contributed by atoms with Gasteiger partial charge in [-0.15, -0.1) is 0 Å². The SMILES string of the molecule is Cc1ccccc1-c1cc(O)c2c(c1)CN(C[C@@H]1CCCN1C)CCO2. The molecule has 2 aliphatic rings. The molecule has 0 radical (unpaired) electrons. The fraction of sp³-hybridized carbons (Fsp3) is 0.455. The van der Waals surface area contributed by atoms with Crippen molar-refractivity contribution < 1.29 is 9.84 Å². The molecular formula is C22H28N2O2. The lowest BCUT2D eigenvalue weighted by atomic mass is 9.97. The maximum atomic E-state index is 10.6. The van der Waals surface area contributed by atoms with E-state index >= 15 is 0 Å². The van der Waals surface area contributed by atoms with Gasteiger partial charge in [0.1, 0.15) is 6.61 Å². The molecule has 1 atom stereocenters. The van der Waals surface area contributed by atoms with Crippen LogP contribution in [0.3, 0.4) is 0 Å². The molecule has 4 rings (SSSR count). The number of likely N-dealkylation sites (N-methyl/N-ethyl adjacent to an activating group) is 1. The smallest absolute Gasteiger partial charge is 0.165 e. The van der Waals surface area contributed by atoms with Gasteiger partial charge in [-0.3, -0.25) is 4.90 Å². The van der Waals surface area contributed by atoms with E-state index in [1.807, 2.05) is 18.2 Å². The maximum absolute atomic E-state index is 10.6. The maximum Gasteiger partial charge on any atom is 0.165 e. The van der Waals surface area contributed by atoms with Gasteiger partial charge >= 0.3 is 0 Å². The lowest BCUT2D eigenvalue weighted by Gasteiger charge is -2.27. The lowest BCUT2D eigenvalue weighted by Crippen LogP contribution is -2.39. The fourth-order valence-corrected chi connectivity index (χ4v) is 4.27. The Hall–Kier alpha value is -2.04. The largest absolute Gasteiger partial charge is 0.504 e. The van der Waals surface area contributed by atoms with E-state index in [-0.39, 0.29) is 5.75 Å². The Bertz CT molecular complexity index is 790. The normalized spacial score (nSPS) is 21.2. The summed E-state index contributed by atoms with van der Waals surface area (Å²) >= 11 is 0. The van der Waals surface area contributed by atoms with Gasteiger partial charge in [-0.2, -0.15) is 0 Å². The van der Waals surface area contributed by atoms with Gasteiger partial charge in [-0.1, -0.05) is 24.3 Å². The number of likely N-dealkylation sites (tertiary alicyclic amines) is 1. The second kappa shape index (κ2) is 7.29. The Kier molecular flexibility index (Phi) is 4.88. The van der Waals surface area contributed by atoms with E-state index in [0.717, 1.165) is 36.3 Å². The standard InChI is InChI=1S/C22H28N2O2/c1-16-6-3-4-8-20(16)17-12-18-14-24(15-19-7-5-9-23(19)2)10-11-26-22(18)21(25)13-17/h3-4,6,8,12-13,19,25H,5,7,9-11,14-15H2,1-2H3/t19-/m0/s1. The Morgan fingerprint density at radius 2 is 2.04 bits per heavy atom. The van der Waals surface area contributed by atoms with E-state index in [2.05, 4.69) is 42.0 Å². The van der Waals surface area contributed by atoms with E-state index < -0.39 is 0 Å². The number of benzene rings is 2. The Labute approximate surface area is 156 Å². The number of hydrogen-bond acceptors (Lipinski definition) is 4. The summed E-state index contributed by atoms with van der Waals surface area (Å²) in [6.45, 7) is 6.72. The highest BCUT2D eigenvalue weighted by molar-refractivity contribution is 5.71. The average Bonchev–Trinajstić information content (AvgIpc) is 2.90. The number of nitrogens with zero attached hydrogens (tertiary/aromatic N) is 2. The van der Waals surface area contributed by atoms with Crippen molar-refractivity contribution in [3.05, 3.63) is 47.5 Å². The first-order valence-corrected chi connectivity index (χ1v) is 9.59. The van der Waals surface area contributed by atoms with Crippen LogP contribution in [0, 0.1) is 6.92 Å². The second-order valence-corrected chi connectivity index (χ2v) is 7.66. The minimum Gasteiger partial charge on any atom is -0.504 e. The third-order valence-electron chi connectivity index (χ3n) is 5.79. The number of hydrogen-bond donors (Lipinski definition) is 1. The molecule has 0 aliphatic carbocycles. The third kappa shape index (κ3) is 3.44. The van der Waals surface area contributed by atoms with Crippen LogP contribution in [0.4, 0.5) is 0 Å². The zero-order valence-corrected chi connectivity index (χ0v) is 15.7. The van der Waals surface area contributed by atoms with Gasteiger partial charge in [0.05, 0.1) is 0 Å². The molecule has 0 unspecified atom stereocenters. The molecule has 0 aromatic heterocycles. The van der Waals surface area contributed by atoms with Gasteiger partial charge in [0.25, 0.3) is 0 Å². The Morgan fingerprint density at radius 1 is 1.19 bits per heavy atom. The highest BCUT2D eigenvalue weighted by Gasteiger charge is 2.26. The summed E-state index contributed by atoms with van der Waals surface area (Å²) in [6, 6.07) is 13.0. The first-order chi connectivity index (χ1) is 12.6. The van der Waals surface area contributed by atoms with Crippen molar-refractivity contribution >= 4 is 0 Å². The summed E-state index contributed by atoms with van der Waals surface area (Å²) in [6.07, 6.45) is 2.57. The zero-order chi connectivity index (χ0) is 18.1. The van der Waals surface area contributed by atoms with Gasteiger partial charge in [0.2, 0.25) is 0 Å². The van der Waals surface area contributed by atoms with Crippen LogP contribution in [0.2, 0.25) is 0 Å². The summed E-state index contributed by atoms with van der Waals surface area (Å²) in [5.74, 6) is 0.908. The highest BCUT2D eigenvalue weighted by Crippen LogP contribution is 2.38. The van der Waals surface area contributed by atoms with Crippen molar-refractivity contribution in [1.82, 2.24) is 9.80 Å². The van der Waals surface area contributed by atoms with Gasteiger partial charge in [-0.25, -0.2) is 0 Å². The van der Waals surface area contributed by atoms with Gasteiger partial charge in [0, 0.05) is 31.2 Å². The molecular weight excluding hydrogens is 324 g/mol. The number of phenolic OH excluding ortho intramolecular Hbond substituents is 1. The topological polar surface area (TPSA) is 35.9 Å². The molecule has 1 saturated heterocycles. The quantitative estimate of drug-likeness (QED) is 0.915. The van der Waals surface area contributed by atoms with E-state index in [1.54, 1.807) is 0 Å². The van der Waals surface area contributed by atoms with Gasteiger partial charge in [0.15, 0.2) is 11.5 Å². The van der Waals surface area contributed by atoms with Crippen molar-refractivity contribution in [1.29, 1.82) is 0 Å². The monoisotopic (exact) mass is 352 g/mol. The molecule has 4 heteroatoms. The van der Waals surface area contributed by atoms with Crippen molar-refractivity contribution in [2.75, 3.05) is 33.3 Å². The molecule has 2 aliphatic heterocycles. The molecule has 0 saturated carbocycles. The molecule has 2 heterocycles. The van der Waals surface area contributed by atoms with Crippen LogP contribution in [-0.4, -0.2) is 54.2 Å². The van der Waals surface area contributed by atoms with Crippen molar-refractivity contribution in [2.24, 2.45) is 0 Å². The Balaban J connectivity index is 1.62.